The van der Waals surface area contributed by atoms with Crippen LogP contribution in [0.15, 0.2) is 61.1 Å². The molecule has 1 atom stereocenters. The Kier molecular flexibility index (Phi) is 6.71. The zero-order valence-electron chi connectivity index (χ0n) is 23.4. The number of fused-ring (bicyclic) bond motifs is 1. The van der Waals surface area contributed by atoms with E-state index in [0.29, 0.717) is 47.8 Å². The van der Waals surface area contributed by atoms with Crippen molar-refractivity contribution in [2.45, 2.75) is 51.0 Å². The van der Waals surface area contributed by atoms with E-state index in [2.05, 4.69) is 20.6 Å². The summed E-state index contributed by atoms with van der Waals surface area (Å²) in [5.41, 5.74) is 2.51. The first-order valence-corrected chi connectivity index (χ1v) is 14.9. The van der Waals surface area contributed by atoms with Crippen molar-refractivity contribution in [2.24, 2.45) is 23.2 Å². The van der Waals surface area contributed by atoms with Crippen LogP contribution in [0.5, 0.6) is 0 Å². The number of imidazole rings is 1. The first kappa shape index (κ1) is 26.7. The highest BCUT2D eigenvalue weighted by atomic mass is 19.1. The maximum Gasteiger partial charge on any atom is 0.320 e. The molecule has 1 unspecified atom stereocenters. The fourth-order valence-corrected chi connectivity index (χ4v) is 8.40. The van der Waals surface area contributed by atoms with Gasteiger partial charge in [-0.15, -0.1) is 0 Å². The molecule has 8 rings (SSSR count). The maximum atomic E-state index is 14.4. The topological polar surface area (TPSA) is 110 Å². The molecule has 218 valence electrons. The number of carbonyl (C=O) groups is 3. The second-order valence-corrected chi connectivity index (χ2v) is 12.7. The molecular weight excluding hydrogens is 535 g/mol. The van der Waals surface area contributed by atoms with Gasteiger partial charge in [0.15, 0.2) is 6.04 Å². The summed E-state index contributed by atoms with van der Waals surface area (Å²) in [5, 5.41) is 5.31. The van der Waals surface area contributed by atoms with Crippen molar-refractivity contribution in [3.8, 4) is 0 Å². The molecule has 9 nitrogen and oxygen atoms in total. The summed E-state index contributed by atoms with van der Waals surface area (Å²) in [5.74, 6) is 0.758. The number of hydrogen-bond acceptors (Lipinski definition) is 4. The number of aromatic nitrogens is 2. The highest BCUT2D eigenvalue weighted by Crippen LogP contribution is 2.60. The van der Waals surface area contributed by atoms with Gasteiger partial charge < -0.3 is 25.4 Å². The first-order valence-electron chi connectivity index (χ1n) is 14.9. The molecule has 0 saturated heterocycles. The number of carbonyl (C=O) groups excluding carboxylic acids is 3. The minimum Gasteiger partial charge on any atom is -0.351 e. The highest BCUT2D eigenvalue weighted by Gasteiger charge is 2.53. The third-order valence-corrected chi connectivity index (χ3v) is 9.67. The van der Waals surface area contributed by atoms with Gasteiger partial charge in [-0.2, -0.15) is 0 Å². The molecule has 4 saturated carbocycles. The lowest BCUT2D eigenvalue weighted by Gasteiger charge is -2.57. The van der Waals surface area contributed by atoms with Crippen molar-refractivity contribution in [3.05, 3.63) is 72.6 Å². The van der Waals surface area contributed by atoms with E-state index < -0.39 is 29.7 Å². The van der Waals surface area contributed by atoms with Gasteiger partial charge in [-0.05, 0) is 98.1 Å². The molecule has 42 heavy (non-hydrogen) atoms. The minimum atomic E-state index is -1.43. The van der Waals surface area contributed by atoms with Crippen LogP contribution in [0.25, 0.3) is 0 Å². The van der Waals surface area contributed by atoms with Crippen LogP contribution in [0.2, 0.25) is 0 Å². The molecule has 2 heterocycles. The monoisotopic (exact) mass is 570 g/mol. The van der Waals surface area contributed by atoms with E-state index in [-0.39, 0.29) is 12.0 Å². The Balaban J connectivity index is 1.22. The van der Waals surface area contributed by atoms with Crippen LogP contribution in [-0.2, 0) is 16.0 Å². The van der Waals surface area contributed by atoms with Gasteiger partial charge in [0.1, 0.15) is 5.82 Å². The van der Waals surface area contributed by atoms with Gasteiger partial charge in [0.2, 0.25) is 0 Å². The SMILES string of the molecule is O=C(Nc1ccc(F)cc1)NC1C(=O)N(CCc2c[nH]cn2)c2ccccc2N(CC23CC4CC(CC(C4)C2)C3)C1=O. The van der Waals surface area contributed by atoms with E-state index in [9.17, 15) is 18.8 Å². The van der Waals surface area contributed by atoms with E-state index in [0.717, 1.165) is 25.0 Å². The number of rotatable bonds is 7. The van der Waals surface area contributed by atoms with Crippen LogP contribution in [0, 0.1) is 29.0 Å². The van der Waals surface area contributed by atoms with Crippen LogP contribution < -0.4 is 20.4 Å². The van der Waals surface area contributed by atoms with Gasteiger partial charge in [0.25, 0.3) is 11.8 Å². The molecule has 3 N–H and O–H groups in total. The Morgan fingerprint density at radius 1 is 0.929 bits per heavy atom. The second kappa shape index (κ2) is 10.6. The summed E-state index contributed by atoms with van der Waals surface area (Å²) in [6.07, 6.45) is 11.0. The standard InChI is InChI=1S/C32H35FN6O3/c33-23-5-7-24(8-6-23)36-31(42)37-28-29(40)38(10-9-25-17-34-19-35-25)26-3-1-2-4-27(26)39(30(28)41)18-32-14-20-11-21(15-32)13-22(12-20)16-32/h1-8,17,19-22,28H,9-16,18H2,(H,34,35)(H2,36,37,42). The molecule has 10 heteroatoms. The van der Waals surface area contributed by atoms with E-state index in [1.807, 2.05) is 24.3 Å². The maximum absolute atomic E-state index is 14.4. The van der Waals surface area contributed by atoms with Gasteiger partial charge in [0, 0.05) is 31.4 Å². The highest BCUT2D eigenvalue weighted by molar-refractivity contribution is 6.21. The number of halogens is 1. The molecule has 4 amide bonds. The van der Waals surface area contributed by atoms with Gasteiger partial charge in [-0.25, -0.2) is 14.2 Å². The third-order valence-electron chi connectivity index (χ3n) is 9.67. The number of nitrogens with one attached hydrogen (secondary N) is 3. The fraction of sp³-hybridized carbons (Fsp3) is 0.438. The molecule has 2 aromatic carbocycles. The third kappa shape index (κ3) is 5.03. The molecule has 4 fully saturated rings. The zero-order valence-corrected chi connectivity index (χ0v) is 23.4. The summed E-state index contributed by atoms with van der Waals surface area (Å²) >= 11 is 0. The van der Waals surface area contributed by atoms with E-state index in [1.165, 1.54) is 43.5 Å². The zero-order chi connectivity index (χ0) is 28.8. The average Bonchev–Trinajstić information content (AvgIpc) is 3.47. The number of hydrogen-bond donors (Lipinski definition) is 3. The predicted octanol–water partition coefficient (Wildman–Crippen LogP) is 4.88. The molecule has 0 radical (unpaired) electrons. The number of nitrogens with zero attached hydrogens (tertiary/aromatic N) is 3. The number of anilines is 3. The molecule has 1 aliphatic heterocycles. The van der Waals surface area contributed by atoms with Crippen molar-refractivity contribution >= 4 is 34.9 Å². The van der Waals surface area contributed by atoms with E-state index >= 15 is 0 Å². The number of urea groups is 1. The molecule has 3 aromatic rings. The summed E-state index contributed by atoms with van der Waals surface area (Å²) in [6, 6.07) is 10.7. The van der Waals surface area contributed by atoms with Crippen LogP contribution in [0.1, 0.15) is 44.2 Å². The summed E-state index contributed by atoms with van der Waals surface area (Å²) in [6.45, 7) is 0.821. The van der Waals surface area contributed by atoms with Crippen molar-refractivity contribution < 1.29 is 18.8 Å². The van der Waals surface area contributed by atoms with Crippen molar-refractivity contribution in [3.63, 3.8) is 0 Å². The van der Waals surface area contributed by atoms with Crippen LogP contribution in [0.4, 0.5) is 26.2 Å². The lowest BCUT2D eigenvalue weighted by molar-refractivity contribution is -0.129. The number of para-hydroxylation sites is 2. The normalized spacial score (nSPS) is 28.0. The second-order valence-electron chi connectivity index (χ2n) is 12.7. The summed E-state index contributed by atoms with van der Waals surface area (Å²) < 4.78 is 13.4. The quantitative estimate of drug-likeness (QED) is 0.352. The molecule has 4 aliphatic carbocycles. The van der Waals surface area contributed by atoms with E-state index in [4.69, 9.17) is 0 Å². The smallest absolute Gasteiger partial charge is 0.320 e. The lowest BCUT2D eigenvalue weighted by Crippen LogP contribution is -2.59. The minimum absolute atomic E-state index is 0.0195. The van der Waals surface area contributed by atoms with Crippen LogP contribution in [-0.4, -0.2) is 46.9 Å². The van der Waals surface area contributed by atoms with E-state index in [1.54, 1.807) is 22.3 Å². The van der Waals surface area contributed by atoms with Gasteiger partial charge >= 0.3 is 6.03 Å². The Morgan fingerprint density at radius 3 is 2.17 bits per heavy atom. The first-order chi connectivity index (χ1) is 20.4. The van der Waals surface area contributed by atoms with Gasteiger partial charge in [-0.1, -0.05) is 12.1 Å². The lowest BCUT2D eigenvalue weighted by atomic mass is 9.49. The van der Waals surface area contributed by atoms with Crippen LogP contribution in [0.3, 0.4) is 0 Å². The van der Waals surface area contributed by atoms with Crippen molar-refractivity contribution in [1.82, 2.24) is 15.3 Å². The van der Waals surface area contributed by atoms with Crippen molar-refractivity contribution in [1.29, 1.82) is 0 Å². The average molecular weight is 571 g/mol. The summed E-state index contributed by atoms with van der Waals surface area (Å²) in [4.78, 5) is 52.4. The van der Waals surface area contributed by atoms with Crippen molar-refractivity contribution in [2.75, 3.05) is 28.2 Å². The Hall–Kier alpha value is -4.21. The Bertz CT molecular complexity index is 1450. The fourth-order valence-electron chi connectivity index (χ4n) is 8.40. The summed E-state index contributed by atoms with van der Waals surface area (Å²) in [7, 11) is 0. The molecule has 1 aromatic heterocycles. The largest absolute Gasteiger partial charge is 0.351 e. The number of H-pyrrole nitrogens is 1. The van der Waals surface area contributed by atoms with Crippen LogP contribution >= 0.6 is 0 Å². The predicted molar refractivity (Wildman–Crippen MR) is 156 cm³/mol. The molecule has 4 bridgehead atoms. The Morgan fingerprint density at radius 2 is 1.55 bits per heavy atom. The number of benzene rings is 2. The van der Waals surface area contributed by atoms with Gasteiger partial charge in [-0.3, -0.25) is 9.59 Å². The molecule has 5 aliphatic rings. The Labute approximate surface area is 243 Å². The molecule has 0 spiro atoms. The number of aromatic amines is 1. The van der Waals surface area contributed by atoms with Gasteiger partial charge in [0.05, 0.1) is 23.4 Å². The molecular formula is C32H35FN6O3. The number of amides is 4.